The van der Waals surface area contributed by atoms with Crippen LogP contribution in [0.1, 0.15) is 6.92 Å². The number of amides is 1. The molecule has 0 spiro atoms. The predicted molar refractivity (Wildman–Crippen MR) is 53.0 cm³/mol. The lowest BCUT2D eigenvalue weighted by molar-refractivity contribution is -0.108. The molecule has 0 fully saturated rings. The molecule has 4 heteroatoms. The Morgan fingerprint density at radius 2 is 2.23 bits per heavy atom. The monoisotopic (exact) mass is 201 g/mol. The van der Waals surface area contributed by atoms with Gasteiger partial charge in [0.1, 0.15) is 0 Å². The van der Waals surface area contributed by atoms with Crippen LogP contribution < -0.4 is 5.32 Å². The molecule has 0 aromatic carbocycles. The third-order valence-electron chi connectivity index (χ3n) is 1.18. The highest BCUT2D eigenvalue weighted by Crippen LogP contribution is 2.07. The summed E-state index contributed by atoms with van der Waals surface area (Å²) in [6.07, 6.45) is 6.99. The number of hydrogen-bond acceptors (Lipinski definition) is 2. The molecule has 0 rings (SSSR count). The Kier molecular flexibility index (Phi) is 6.73. The zero-order valence-electron chi connectivity index (χ0n) is 7.58. The first-order chi connectivity index (χ1) is 6.20. The summed E-state index contributed by atoms with van der Waals surface area (Å²) in [5.74, 6) is 0.720. The molecule has 0 unspecified atom stereocenters. The lowest BCUT2D eigenvalue weighted by Crippen LogP contribution is -1.97. The lowest BCUT2D eigenvalue weighted by atomic mass is 10.4. The number of ether oxygens (including phenoxy) is 1. The largest absolute Gasteiger partial charge is 0.501 e. The van der Waals surface area contributed by atoms with Gasteiger partial charge in [0, 0.05) is 11.2 Å². The van der Waals surface area contributed by atoms with E-state index in [4.69, 9.17) is 16.3 Å². The third kappa shape index (κ3) is 7.15. The fourth-order valence-corrected chi connectivity index (χ4v) is 0.762. The molecule has 0 aliphatic heterocycles. The average Bonchev–Trinajstić information content (AvgIpc) is 2.12. The van der Waals surface area contributed by atoms with Gasteiger partial charge in [0.25, 0.3) is 0 Å². The van der Waals surface area contributed by atoms with Crippen LogP contribution in [-0.4, -0.2) is 13.5 Å². The second kappa shape index (κ2) is 7.43. The number of rotatable bonds is 5. The predicted octanol–water partition coefficient (Wildman–Crippen LogP) is 1.92. The molecule has 0 aromatic rings. The first kappa shape index (κ1) is 11.8. The number of hydrogen-bond donors (Lipinski definition) is 1. The van der Waals surface area contributed by atoms with Gasteiger partial charge in [-0.1, -0.05) is 11.6 Å². The van der Waals surface area contributed by atoms with Crippen LogP contribution in [0.25, 0.3) is 0 Å². The van der Waals surface area contributed by atoms with Crippen molar-refractivity contribution in [3.63, 3.8) is 0 Å². The maximum Gasteiger partial charge on any atom is 0.211 e. The van der Waals surface area contributed by atoms with E-state index in [0.29, 0.717) is 11.4 Å². The van der Waals surface area contributed by atoms with Crippen LogP contribution in [0.3, 0.4) is 0 Å². The molecular formula is C9H12ClNO2. The number of methoxy groups -OCH3 is 1. The Hall–Kier alpha value is -1.22. The summed E-state index contributed by atoms with van der Waals surface area (Å²) in [4.78, 5) is 9.83. The molecule has 0 saturated heterocycles. The van der Waals surface area contributed by atoms with E-state index in [9.17, 15) is 4.79 Å². The van der Waals surface area contributed by atoms with Crippen molar-refractivity contribution in [3.8, 4) is 0 Å². The first-order valence-corrected chi connectivity index (χ1v) is 4.03. The van der Waals surface area contributed by atoms with Crippen molar-refractivity contribution in [2.75, 3.05) is 7.11 Å². The summed E-state index contributed by atoms with van der Waals surface area (Å²) in [5.41, 5.74) is 0. The minimum atomic E-state index is 0.531. The van der Waals surface area contributed by atoms with Crippen LogP contribution in [0.5, 0.6) is 0 Å². The van der Waals surface area contributed by atoms with Crippen LogP contribution >= 0.6 is 11.6 Å². The Labute approximate surface area is 82.7 Å². The van der Waals surface area contributed by atoms with E-state index < -0.39 is 0 Å². The molecule has 0 aliphatic carbocycles. The van der Waals surface area contributed by atoms with Crippen LogP contribution in [0.2, 0.25) is 0 Å². The van der Waals surface area contributed by atoms with Gasteiger partial charge in [-0.3, -0.25) is 4.79 Å². The van der Waals surface area contributed by atoms with Gasteiger partial charge in [0.2, 0.25) is 6.41 Å². The topological polar surface area (TPSA) is 38.3 Å². The number of allylic oxidation sites excluding steroid dienone is 5. The molecule has 72 valence electrons. The van der Waals surface area contributed by atoms with Gasteiger partial charge in [-0.05, 0) is 25.2 Å². The van der Waals surface area contributed by atoms with Crippen LogP contribution in [0.15, 0.2) is 35.2 Å². The van der Waals surface area contributed by atoms with E-state index in [1.165, 1.54) is 6.20 Å². The highest BCUT2D eigenvalue weighted by atomic mass is 35.5. The quantitative estimate of drug-likeness (QED) is 0.419. The van der Waals surface area contributed by atoms with E-state index in [0.717, 1.165) is 5.76 Å². The molecule has 0 atom stereocenters. The van der Waals surface area contributed by atoms with Crippen LogP contribution in [0, 0.1) is 0 Å². The Balaban J connectivity index is 4.09. The highest BCUT2D eigenvalue weighted by molar-refractivity contribution is 6.31. The van der Waals surface area contributed by atoms with Gasteiger partial charge < -0.3 is 10.1 Å². The zero-order chi connectivity index (χ0) is 10.1. The van der Waals surface area contributed by atoms with Crippen molar-refractivity contribution in [1.82, 2.24) is 5.32 Å². The fourth-order valence-electron chi connectivity index (χ4n) is 0.536. The van der Waals surface area contributed by atoms with Gasteiger partial charge in [-0.2, -0.15) is 0 Å². The van der Waals surface area contributed by atoms with E-state index in [1.807, 2.05) is 0 Å². The van der Waals surface area contributed by atoms with Crippen molar-refractivity contribution in [2.45, 2.75) is 6.92 Å². The molecule has 0 aliphatic rings. The average molecular weight is 202 g/mol. The van der Waals surface area contributed by atoms with Crippen molar-refractivity contribution in [3.05, 3.63) is 35.2 Å². The van der Waals surface area contributed by atoms with Crippen molar-refractivity contribution in [2.24, 2.45) is 0 Å². The molecule has 0 radical (unpaired) electrons. The smallest absolute Gasteiger partial charge is 0.211 e. The summed E-state index contributed by atoms with van der Waals surface area (Å²) in [5, 5.41) is 2.89. The lowest BCUT2D eigenvalue weighted by Gasteiger charge is -1.96. The molecule has 1 amide bonds. The van der Waals surface area contributed by atoms with Gasteiger partial charge in [-0.25, -0.2) is 0 Å². The molecule has 0 saturated carbocycles. The zero-order valence-corrected chi connectivity index (χ0v) is 8.34. The van der Waals surface area contributed by atoms with E-state index in [2.05, 4.69) is 5.32 Å². The number of carbonyl (C=O) groups excluding carboxylic acids is 1. The van der Waals surface area contributed by atoms with E-state index in [1.54, 1.807) is 32.3 Å². The molecule has 3 nitrogen and oxygen atoms in total. The number of carbonyl (C=O) groups is 1. The summed E-state index contributed by atoms with van der Waals surface area (Å²) < 4.78 is 4.89. The first-order valence-electron chi connectivity index (χ1n) is 3.65. The summed E-state index contributed by atoms with van der Waals surface area (Å²) in [6.45, 7) is 1.80. The minimum Gasteiger partial charge on any atom is -0.501 e. The fraction of sp³-hybridized carbons (Fsp3) is 0.222. The second-order valence-corrected chi connectivity index (χ2v) is 2.59. The molecule has 0 bridgehead atoms. The summed E-state index contributed by atoms with van der Waals surface area (Å²) in [7, 11) is 1.57. The van der Waals surface area contributed by atoms with Crippen molar-refractivity contribution in [1.29, 1.82) is 0 Å². The molecular weight excluding hydrogens is 190 g/mol. The normalized spacial score (nSPS) is 13.2. The molecule has 1 N–H and O–H groups in total. The highest BCUT2D eigenvalue weighted by Gasteiger charge is 1.86. The molecule has 0 heterocycles. The summed E-state index contributed by atoms with van der Waals surface area (Å²) >= 11 is 5.77. The second-order valence-electron chi connectivity index (χ2n) is 2.15. The van der Waals surface area contributed by atoms with Crippen LogP contribution in [0.4, 0.5) is 0 Å². The number of halogens is 1. The van der Waals surface area contributed by atoms with Crippen LogP contribution in [-0.2, 0) is 9.53 Å². The maximum absolute atomic E-state index is 9.83. The Morgan fingerprint density at radius 1 is 1.54 bits per heavy atom. The Bertz CT molecular complexity index is 244. The van der Waals surface area contributed by atoms with Gasteiger partial charge in [0.05, 0.1) is 12.9 Å². The standard InChI is InChI=1S/C9H12ClNO2/c1-8(13-2)6-9(10)4-3-5-11-7-12/h3-7H,1-2H3,(H,11,12)/b5-3+,8-6+,9-4+. The van der Waals surface area contributed by atoms with Crippen molar-refractivity contribution < 1.29 is 9.53 Å². The molecule has 0 aromatic heterocycles. The SMILES string of the molecule is CO/C(C)=C/C(Cl)=C\C=C\NC=O. The van der Waals surface area contributed by atoms with Gasteiger partial charge >= 0.3 is 0 Å². The van der Waals surface area contributed by atoms with Gasteiger partial charge in [-0.15, -0.1) is 0 Å². The summed E-state index contributed by atoms with van der Waals surface area (Å²) in [6, 6.07) is 0. The maximum atomic E-state index is 9.83. The van der Waals surface area contributed by atoms with E-state index in [-0.39, 0.29) is 0 Å². The minimum absolute atomic E-state index is 0.531. The van der Waals surface area contributed by atoms with E-state index >= 15 is 0 Å². The number of nitrogens with one attached hydrogen (secondary N) is 1. The van der Waals surface area contributed by atoms with Gasteiger partial charge in [0.15, 0.2) is 0 Å². The Morgan fingerprint density at radius 3 is 2.77 bits per heavy atom. The van der Waals surface area contributed by atoms with Crippen molar-refractivity contribution >= 4 is 18.0 Å². The molecule has 13 heavy (non-hydrogen) atoms. The third-order valence-corrected chi connectivity index (χ3v) is 1.41.